The highest BCUT2D eigenvalue weighted by Crippen LogP contribution is 2.30. The average Bonchev–Trinajstić information content (AvgIpc) is 3.09. The first kappa shape index (κ1) is 14.7. The maximum Gasteiger partial charge on any atom is 0.137 e. The van der Waals surface area contributed by atoms with Crippen LogP contribution in [0.3, 0.4) is 0 Å². The van der Waals surface area contributed by atoms with E-state index in [4.69, 9.17) is 4.98 Å². The maximum atomic E-state index is 4.72. The van der Waals surface area contributed by atoms with Crippen molar-refractivity contribution in [2.45, 2.75) is 26.3 Å². The zero-order valence-corrected chi connectivity index (χ0v) is 14.2. The van der Waals surface area contributed by atoms with Crippen LogP contribution >= 0.6 is 27.3 Å². The van der Waals surface area contributed by atoms with E-state index in [9.17, 15) is 0 Å². The first-order chi connectivity index (χ1) is 10.3. The molecule has 0 aliphatic carbocycles. The van der Waals surface area contributed by atoms with Crippen LogP contribution < -0.4 is 5.32 Å². The van der Waals surface area contributed by atoms with Crippen molar-refractivity contribution >= 4 is 38.3 Å². The Hall–Kier alpha value is -1.24. The lowest BCUT2D eigenvalue weighted by Crippen LogP contribution is -2.14. The van der Waals surface area contributed by atoms with Gasteiger partial charge < -0.3 is 10.3 Å². The van der Waals surface area contributed by atoms with E-state index in [1.807, 2.05) is 6.20 Å². The van der Waals surface area contributed by atoms with E-state index in [0.717, 1.165) is 44.9 Å². The first-order valence-electron chi connectivity index (χ1n) is 7.06. The molecule has 0 bridgehead atoms. The summed E-state index contributed by atoms with van der Waals surface area (Å²) in [5, 5.41) is 7.76. The molecule has 0 saturated heterocycles. The monoisotopic (exact) mass is 364 g/mol. The Morgan fingerprint density at radius 3 is 3.19 bits per heavy atom. The summed E-state index contributed by atoms with van der Waals surface area (Å²) >= 11 is 5.17. The highest BCUT2D eigenvalue weighted by atomic mass is 79.9. The van der Waals surface area contributed by atoms with Crippen LogP contribution in [0.1, 0.15) is 24.8 Å². The molecule has 0 fully saturated rings. The number of H-pyrrole nitrogens is 1. The van der Waals surface area contributed by atoms with Gasteiger partial charge in [0, 0.05) is 39.7 Å². The van der Waals surface area contributed by atoms with Gasteiger partial charge in [-0.3, -0.25) is 0 Å². The number of unbranched alkanes of at least 4 members (excludes halogenated alkanes) is 1. The Morgan fingerprint density at radius 2 is 2.33 bits per heavy atom. The maximum absolute atomic E-state index is 4.72. The summed E-state index contributed by atoms with van der Waals surface area (Å²) in [6.07, 6.45) is 6.20. The van der Waals surface area contributed by atoms with E-state index >= 15 is 0 Å². The standard InChI is InChI=1S/C15H17BrN4S/c1-2-3-4-17-8-14-20-13(9-21-14)12-7-19-15-11(12)5-10(16)6-18-15/h5-7,9,17H,2-4,8H2,1H3,(H,18,19). The number of aromatic amines is 1. The molecule has 3 aromatic rings. The number of rotatable bonds is 6. The van der Waals surface area contributed by atoms with Crippen molar-refractivity contribution in [1.29, 1.82) is 0 Å². The Kier molecular flexibility index (Phi) is 4.67. The molecule has 6 heteroatoms. The van der Waals surface area contributed by atoms with Gasteiger partial charge in [0.15, 0.2) is 0 Å². The fourth-order valence-corrected chi connectivity index (χ4v) is 3.30. The minimum atomic E-state index is 0.842. The van der Waals surface area contributed by atoms with Gasteiger partial charge in [-0.05, 0) is 35.0 Å². The molecule has 0 saturated carbocycles. The lowest BCUT2D eigenvalue weighted by Gasteiger charge is -1.99. The smallest absolute Gasteiger partial charge is 0.137 e. The number of thiazole rings is 1. The topological polar surface area (TPSA) is 53.6 Å². The second kappa shape index (κ2) is 6.68. The predicted octanol–water partition coefficient (Wildman–Crippen LogP) is 4.34. The Morgan fingerprint density at radius 1 is 1.43 bits per heavy atom. The molecule has 0 aliphatic rings. The number of nitrogens with zero attached hydrogens (tertiary/aromatic N) is 2. The van der Waals surface area contributed by atoms with Crippen LogP contribution in [0.25, 0.3) is 22.3 Å². The molecule has 0 radical (unpaired) electrons. The Bertz CT molecular complexity index is 734. The number of fused-ring (bicyclic) bond motifs is 1. The molecule has 110 valence electrons. The Labute approximate surface area is 136 Å². The van der Waals surface area contributed by atoms with Gasteiger partial charge in [0.2, 0.25) is 0 Å². The molecule has 2 N–H and O–H groups in total. The summed E-state index contributed by atoms with van der Waals surface area (Å²) in [5.74, 6) is 0. The van der Waals surface area contributed by atoms with E-state index in [-0.39, 0.29) is 0 Å². The van der Waals surface area contributed by atoms with Gasteiger partial charge in [-0.1, -0.05) is 13.3 Å². The minimum Gasteiger partial charge on any atom is -0.345 e. The van der Waals surface area contributed by atoms with Gasteiger partial charge in [-0.2, -0.15) is 0 Å². The molecule has 0 amide bonds. The van der Waals surface area contributed by atoms with Crippen molar-refractivity contribution in [1.82, 2.24) is 20.3 Å². The van der Waals surface area contributed by atoms with Gasteiger partial charge in [0.05, 0.1) is 5.69 Å². The SMILES string of the molecule is CCCCNCc1nc(-c2c[nH]c3ncc(Br)cc23)cs1. The van der Waals surface area contributed by atoms with Crippen LogP contribution in [0, 0.1) is 0 Å². The van der Waals surface area contributed by atoms with Crippen molar-refractivity contribution in [2.24, 2.45) is 0 Å². The summed E-state index contributed by atoms with van der Waals surface area (Å²) in [6.45, 7) is 4.09. The van der Waals surface area contributed by atoms with Crippen LogP contribution in [0.15, 0.2) is 28.3 Å². The zero-order valence-electron chi connectivity index (χ0n) is 11.8. The summed E-state index contributed by atoms with van der Waals surface area (Å²) in [5.41, 5.74) is 3.01. The lowest BCUT2D eigenvalue weighted by atomic mass is 10.2. The molecule has 3 rings (SSSR count). The summed E-state index contributed by atoms with van der Waals surface area (Å²) < 4.78 is 0.979. The fourth-order valence-electron chi connectivity index (χ4n) is 2.20. The van der Waals surface area contributed by atoms with E-state index in [0.29, 0.717) is 0 Å². The third kappa shape index (κ3) is 3.33. The minimum absolute atomic E-state index is 0.842. The van der Waals surface area contributed by atoms with E-state index in [1.165, 1.54) is 12.8 Å². The normalized spacial score (nSPS) is 11.3. The molecule has 4 nitrogen and oxygen atoms in total. The molecule has 0 spiro atoms. The molecule has 0 atom stereocenters. The molecular formula is C15H17BrN4S. The van der Waals surface area contributed by atoms with Crippen LogP contribution in [0.2, 0.25) is 0 Å². The van der Waals surface area contributed by atoms with Crippen molar-refractivity contribution < 1.29 is 0 Å². The second-order valence-electron chi connectivity index (χ2n) is 4.91. The largest absolute Gasteiger partial charge is 0.345 e. The highest BCUT2D eigenvalue weighted by Gasteiger charge is 2.11. The van der Waals surface area contributed by atoms with Crippen LogP contribution in [-0.4, -0.2) is 21.5 Å². The molecule has 0 aliphatic heterocycles. The highest BCUT2D eigenvalue weighted by molar-refractivity contribution is 9.10. The number of nitrogens with one attached hydrogen (secondary N) is 2. The van der Waals surface area contributed by atoms with Gasteiger partial charge in [0.1, 0.15) is 10.7 Å². The Balaban J connectivity index is 1.80. The second-order valence-corrected chi connectivity index (χ2v) is 6.77. The molecule has 3 heterocycles. The van der Waals surface area contributed by atoms with Crippen molar-refractivity contribution in [3.05, 3.63) is 33.3 Å². The third-order valence-electron chi connectivity index (χ3n) is 3.31. The van der Waals surface area contributed by atoms with Crippen LogP contribution in [0.5, 0.6) is 0 Å². The van der Waals surface area contributed by atoms with Crippen molar-refractivity contribution in [3.8, 4) is 11.3 Å². The van der Waals surface area contributed by atoms with Gasteiger partial charge in [0.25, 0.3) is 0 Å². The van der Waals surface area contributed by atoms with Gasteiger partial charge >= 0.3 is 0 Å². The van der Waals surface area contributed by atoms with Crippen molar-refractivity contribution in [3.63, 3.8) is 0 Å². The summed E-state index contributed by atoms with van der Waals surface area (Å²) in [4.78, 5) is 12.3. The van der Waals surface area contributed by atoms with Gasteiger partial charge in [-0.15, -0.1) is 11.3 Å². The molecular weight excluding hydrogens is 348 g/mol. The molecule has 0 aromatic carbocycles. The average molecular weight is 365 g/mol. The first-order valence-corrected chi connectivity index (χ1v) is 8.73. The molecule has 21 heavy (non-hydrogen) atoms. The lowest BCUT2D eigenvalue weighted by molar-refractivity contribution is 0.640. The number of aromatic nitrogens is 3. The van der Waals surface area contributed by atoms with Crippen LogP contribution in [0.4, 0.5) is 0 Å². The van der Waals surface area contributed by atoms with Crippen molar-refractivity contribution in [2.75, 3.05) is 6.54 Å². The predicted molar refractivity (Wildman–Crippen MR) is 91.5 cm³/mol. The number of halogens is 1. The number of hydrogen-bond acceptors (Lipinski definition) is 4. The quantitative estimate of drug-likeness (QED) is 0.639. The third-order valence-corrected chi connectivity index (χ3v) is 4.59. The van der Waals surface area contributed by atoms with E-state index < -0.39 is 0 Å². The zero-order chi connectivity index (χ0) is 14.7. The summed E-state index contributed by atoms with van der Waals surface area (Å²) in [7, 11) is 0. The van der Waals surface area contributed by atoms with Crippen LogP contribution in [-0.2, 0) is 6.54 Å². The number of hydrogen-bond donors (Lipinski definition) is 2. The summed E-state index contributed by atoms with van der Waals surface area (Å²) in [6, 6.07) is 2.08. The van der Waals surface area contributed by atoms with E-state index in [1.54, 1.807) is 17.5 Å². The van der Waals surface area contributed by atoms with Gasteiger partial charge in [-0.25, -0.2) is 9.97 Å². The molecule has 0 unspecified atom stereocenters. The molecule has 3 aromatic heterocycles. The van der Waals surface area contributed by atoms with E-state index in [2.05, 4.69) is 49.6 Å². The fraction of sp³-hybridized carbons (Fsp3) is 0.333. The number of pyridine rings is 1.